The van der Waals surface area contributed by atoms with Crippen molar-refractivity contribution < 1.29 is 32.3 Å². The Balaban J connectivity index is 1.23. The molecule has 1 atom stereocenters. The number of ether oxygens (including phenoxy) is 1. The number of likely N-dealkylation sites (tertiary alicyclic amines) is 1. The molecular formula is C33H37F3N10O4. The fraction of sp³-hybridized carbons (Fsp3) is 0.424. The number of nitrogens with one attached hydrogen (secondary N) is 3. The maximum absolute atomic E-state index is 13.8. The molecule has 3 aromatic heterocycles. The number of aromatic nitrogens is 5. The summed E-state index contributed by atoms with van der Waals surface area (Å²) in [5.74, 6) is -0.385. The number of alkyl halides is 3. The Labute approximate surface area is 285 Å². The van der Waals surface area contributed by atoms with Crippen LogP contribution in [-0.2, 0) is 28.7 Å². The molecule has 4 heterocycles. The molecule has 0 unspecified atom stereocenters. The van der Waals surface area contributed by atoms with E-state index in [2.05, 4.69) is 31.0 Å². The first-order valence-corrected chi connectivity index (χ1v) is 16.0. The Morgan fingerprint density at radius 1 is 1.12 bits per heavy atom. The largest absolute Gasteiger partial charge is 0.444 e. The highest BCUT2D eigenvalue weighted by atomic mass is 19.4. The molecule has 1 aliphatic rings. The van der Waals surface area contributed by atoms with Crippen LogP contribution in [0.15, 0.2) is 43.0 Å². The number of benzene rings is 1. The summed E-state index contributed by atoms with van der Waals surface area (Å²) in [5.41, 5.74) is 0.0294. The maximum Gasteiger partial charge on any atom is 0.435 e. The van der Waals surface area contributed by atoms with Crippen LogP contribution in [0, 0.1) is 11.3 Å². The van der Waals surface area contributed by atoms with Crippen LogP contribution in [0.3, 0.4) is 0 Å². The number of fused-ring (bicyclic) bond motifs is 1. The van der Waals surface area contributed by atoms with Gasteiger partial charge in [-0.2, -0.15) is 23.5 Å². The first-order valence-electron chi connectivity index (χ1n) is 16.0. The zero-order chi connectivity index (χ0) is 36.2. The third kappa shape index (κ3) is 7.96. The molecule has 5 rings (SSSR count). The van der Waals surface area contributed by atoms with Crippen molar-refractivity contribution in [3.8, 4) is 17.3 Å². The Morgan fingerprint density at radius 2 is 1.88 bits per heavy atom. The van der Waals surface area contributed by atoms with E-state index >= 15 is 0 Å². The van der Waals surface area contributed by atoms with E-state index in [1.165, 1.54) is 27.9 Å². The van der Waals surface area contributed by atoms with Crippen molar-refractivity contribution in [1.82, 2.24) is 39.7 Å². The standard InChI is InChI=1S/C33H37F3N10O4/c1-5-20-17-21(8-9-22(20)29(47)39-11-12-40-30(48)24-7-6-14-46(24)31(49)50-32(2,3)4)42-27-28-41-18-25(45(28)16-13-38-27)23-19-44(15-10-37)43-26(23)33(34,35)36/h8-9,13,16-19,24H,5-7,11-12,14-15H2,1-4H3,(H,38,42)(H,39,47)(H,40,48)/t24-/m0/s1. The molecule has 0 saturated carbocycles. The molecule has 0 spiro atoms. The number of rotatable bonds is 10. The van der Waals surface area contributed by atoms with Gasteiger partial charge in [-0.1, -0.05) is 6.92 Å². The monoisotopic (exact) mass is 694 g/mol. The van der Waals surface area contributed by atoms with Crippen LogP contribution < -0.4 is 16.0 Å². The minimum atomic E-state index is -4.76. The predicted molar refractivity (Wildman–Crippen MR) is 175 cm³/mol. The number of amides is 3. The summed E-state index contributed by atoms with van der Waals surface area (Å²) >= 11 is 0. The Hall–Kier alpha value is -5.66. The van der Waals surface area contributed by atoms with Gasteiger partial charge in [0, 0.05) is 49.5 Å². The summed E-state index contributed by atoms with van der Waals surface area (Å²) in [5, 5.41) is 21.3. The van der Waals surface area contributed by atoms with Crippen LogP contribution in [0.4, 0.5) is 29.5 Å². The fourth-order valence-corrected chi connectivity index (χ4v) is 5.65. The summed E-state index contributed by atoms with van der Waals surface area (Å²) in [6.07, 6.45) is 1.76. The number of anilines is 2. The summed E-state index contributed by atoms with van der Waals surface area (Å²) in [6.45, 7) is 7.58. The fourth-order valence-electron chi connectivity index (χ4n) is 5.65. The van der Waals surface area contributed by atoms with Crippen molar-refractivity contribution in [3.05, 3.63) is 59.8 Å². The maximum atomic E-state index is 13.8. The van der Waals surface area contributed by atoms with Crippen molar-refractivity contribution >= 4 is 35.1 Å². The number of carbonyl (C=O) groups excluding carboxylic acids is 3. The van der Waals surface area contributed by atoms with Gasteiger partial charge in [-0.25, -0.2) is 14.8 Å². The summed E-state index contributed by atoms with van der Waals surface area (Å²) < 4.78 is 49.2. The molecule has 3 N–H and O–H groups in total. The number of hydrogen-bond donors (Lipinski definition) is 3. The molecule has 3 amide bonds. The molecule has 4 aromatic rings. The van der Waals surface area contributed by atoms with E-state index in [0.717, 1.165) is 10.9 Å². The zero-order valence-corrected chi connectivity index (χ0v) is 28.0. The molecule has 17 heteroatoms. The van der Waals surface area contributed by atoms with Gasteiger partial charge < -0.3 is 20.7 Å². The topological polar surface area (TPSA) is 172 Å². The van der Waals surface area contributed by atoms with Crippen molar-refractivity contribution in [3.63, 3.8) is 0 Å². The lowest BCUT2D eigenvalue weighted by molar-refractivity contribution is -0.141. The number of nitriles is 1. The van der Waals surface area contributed by atoms with Crippen LogP contribution >= 0.6 is 0 Å². The average Bonchev–Trinajstić information content (AvgIpc) is 3.81. The molecule has 0 radical (unpaired) electrons. The van der Waals surface area contributed by atoms with E-state index in [-0.39, 0.29) is 54.2 Å². The predicted octanol–water partition coefficient (Wildman–Crippen LogP) is 4.69. The lowest BCUT2D eigenvalue weighted by atomic mass is 10.0. The van der Waals surface area contributed by atoms with Crippen LogP contribution in [0.25, 0.3) is 16.9 Å². The normalized spacial score (nSPS) is 14.8. The number of nitrogens with zero attached hydrogens (tertiary/aromatic N) is 7. The van der Waals surface area contributed by atoms with E-state index in [1.807, 2.05) is 6.92 Å². The van der Waals surface area contributed by atoms with Gasteiger partial charge in [0.2, 0.25) is 5.91 Å². The first kappa shape index (κ1) is 35.6. The molecule has 0 aliphatic carbocycles. The minimum Gasteiger partial charge on any atom is -0.444 e. The second-order valence-corrected chi connectivity index (χ2v) is 12.6. The highest BCUT2D eigenvalue weighted by Gasteiger charge is 2.39. The molecule has 264 valence electrons. The zero-order valence-electron chi connectivity index (χ0n) is 28.0. The molecule has 50 heavy (non-hydrogen) atoms. The van der Waals surface area contributed by atoms with Gasteiger partial charge in [0.05, 0.1) is 23.5 Å². The van der Waals surface area contributed by atoms with Crippen molar-refractivity contribution in [2.75, 3.05) is 25.0 Å². The smallest absolute Gasteiger partial charge is 0.435 e. The average molecular weight is 695 g/mol. The second-order valence-electron chi connectivity index (χ2n) is 12.6. The molecular weight excluding hydrogens is 657 g/mol. The number of hydrogen-bond acceptors (Lipinski definition) is 9. The van der Waals surface area contributed by atoms with E-state index in [0.29, 0.717) is 42.6 Å². The van der Waals surface area contributed by atoms with Gasteiger partial charge in [0.25, 0.3) is 5.91 Å². The SMILES string of the molecule is CCc1cc(Nc2nccn3c(-c4cn(CC#N)nc4C(F)(F)F)cnc23)ccc1C(=O)NCCNC(=O)[C@@H]1CCCN1C(=O)OC(C)(C)C. The molecule has 0 bridgehead atoms. The molecule has 1 aromatic carbocycles. The van der Waals surface area contributed by atoms with Gasteiger partial charge in [-0.05, 0) is 63.8 Å². The number of halogens is 3. The van der Waals surface area contributed by atoms with Crippen LogP contribution in [0.5, 0.6) is 0 Å². The van der Waals surface area contributed by atoms with Crippen LogP contribution in [0.2, 0.25) is 0 Å². The van der Waals surface area contributed by atoms with Crippen LogP contribution in [-0.4, -0.2) is 78.2 Å². The molecule has 1 saturated heterocycles. The lowest BCUT2D eigenvalue weighted by Crippen LogP contribution is -2.48. The molecule has 14 nitrogen and oxygen atoms in total. The van der Waals surface area contributed by atoms with Crippen molar-refractivity contribution in [1.29, 1.82) is 5.26 Å². The van der Waals surface area contributed by atoms with Gasteiger partial charge in [0.1, 0.15) is 18.2 Å². The number of carbonyl (C=O) groups is 3. The third-order valence-corrected chi connectivity index (χ3v) is 7.85. The molecule has 1 aliphatic heterocycles. The van der Waals surface area contributed by atoms with Crippen molar-refractivity contribution in [2.24, 2.45) is 0 Å². The third-order valence-electron chi connectivity index (χ3n) is 7.85. The minimum absolute atomic E-state index is 0.114. The van der Waals surface area contributed by atoms with E-state index in [1.54, 1.807) is 45.0 Å². The first-order chi connectivity index (χ1) is 23.7. The summed E-state index contributed by atoms with van der Waals surface area (Å²) in [6, 6.07) is 6.24. The Morgan fingerprint density at radius 3 is 2.58 bits per heavy atom. The summed E-state index contributed by atoms with van der Waals surface area (Å²) in [4.78, 5) is 48.5. The number of aryl methyl sites for hydroxylation is 1. The highest BCUT2D eigenvalue weighted by molar-refractivity contribution is 5.96. The van der Waals surface area contributed by atoms with Gasteiger partial charge in [0.15, 0.2) is 17.2 Å². The van der Waals surface area contributed by atoms with E-state index in [9.17, 15) is 27.6 Å². The van der Waals surface area contributed by atoms with Crippen molar-refractivity contribution in [2.45, 2.75) is 71.3 Å². The van der Waals surface area contributed by atoms with Gasteiger partial charge in [-0.3, -0.25) is 23.6 Å². The quantitative estimate of drug-likeness (QED) is 0.199. The molecule has 1 fully saturated rings. The van der Waals surface area contributed by atoms with E-state index in [4.69, 9.17) is 10.00 Å². The second kappa shape index (κ2) is 14.4. The van der Waals surface area contributed by atoms with Gasteiger partial charge >= 0.3 is 12.3 Å². The highest BCUT2D eigenvalue weighted by Crippen LogP contribution is 2.37. The lowest BCUT2D eigenvalue weighted by Gasteiger charge is -2.28. The summed E-state index contributed by atoms with van der Waals surface area (Å²) in [7, 11) is 0. The van der Waals surface area contributed by atoms with E-state index < -0.39 is 29.6 Å². The van der Waals surface area contributed by atoms with Crippen LogP contribution in [0.1, 0.15) is 62.2 Å². The van der Waals surface area contributed by atoms with Gasteiger partial charge in [-0.15, -0.1) is 0 Å². The Bertz CT molecular complexity index is 1940. The Kier molecular flexibility index (Phi) is 10.3. The number of imidazole rings is 1.